The van der Waals surface area contributed by atoms with Crippen LogP contribution in [0, 0.1) is 10.1 Å². The summed E-state index contributed by atoms with van der Waals surface area (Å²) in [6.45, 7) is 0. The maximum Gasteiger partial charge on any atom is 0.438 e. The molecule has 0 aliphatic rings. The zero-order valence-corrected chi connectivity index (χ0v) is 8.33. The Kier molecular flexibility index (Phi) is 2.67. The predicted molar refractivity (Wildman–Crippen MR) is 46.0 cm³/mol. The number of furan rings is 1. The van der Waals surface area contributed by atoms with Crippen molar-refractivity contribution < 1.29 is 9.34 Å². The SMILES string of the molecule is O=[N+]([O-])c1occc1C(Br)Br. The van der Waals surface area contributed by atoms with Crippen LogP contribution in [0.1, 0.15) is 9.30 Å². The van der Waals surface area contributed by atoms with Crippen LogP contribution >= 0.6 is 31.9 Å². The third-order valence-corrected chi connectivity index (χ3v) is 2.06. The van der Waals surface area contributed by atoms with Crippen LogP contribution in [0.25, 0.3) is 0 Å². The molecule has 0 N–H and O–H groups in total. The van der Waals surface area contributed by atoms with Gasteiger partial charge in [-0.1, -0.05) is 31.9 Å². The number of hydrogen-bond donors (Lipinski definition) is 0. The third kappa shape index (κ3) is 1.81. The molecule has 1 aromatic rings. The molecule has 0 atom stereocenters. The molecule has 6 heteroatoms. The second kappa shape index (κ2) is 3.36. The lowest BCUT2D eigenvalue weighted by Gasteiger charge is -1.93. The zero-order chi connectivity index (χ0) is 8.43. The first-order valence-electron chi connectivity index (χ1n) is 2.63. The highest BCUT2D eigenvalue weighted by Gasteiger charge is 2.21. The van der Waals surface area contributed by atoms with Crippen molar-refractivity contribution in [1.29, 1.82) is 0 Å². The maximum atomic E-state index is 10.3. The van der Waals surface area contributed by atoms with E-state index in [-0.39, 0.29) is 9.62 Å². The van der Waals surface area contributed by atoms with Gasteiger partial charge in [-0.15, -0.1) is 0 Å². The van der Waals surface area contributed by atoms with Gasteiger partial charge in [0.05, 0.1) is 11.8 Å². The lowest BCUT2D eigenvalue weighted by Crippen LogP contribution is -1.89. The molecule has 1 rings (SSSR count). The molecule has 4 nitrogen and oxygen atoms in total. The maximum absolute atomic E-state index is 10.3. The fraction of sp³-hybridized carbons (Fsp3) is 0.200. The largest absolute Gasteiger partial charge is 0.438 e. The van der Waals surface area contributed by atoms with E-state index in [1.807, 2.05) is 0 Å². The van der Waals surface area contributed by atoms with Crippen LogP contribution in [0.5, 0.6) is 0 Å². The van der Waals surface area contributed by atoms with Crippen LogP contribution in [0.15, 0.2) is 16.7 Å². The molecule has 0 saturated carbocycles. The summed E-state index contributed by atoms with van der Waals surface area (Å²) in [5, 5.41) is 10.3. The summed E-state index contributed by atoms with van der Waals surface area (Å²) in [7, 11) is 0. The average Bonchev–Trinajstić information content (AvgIpc) is 2.32. The first kappa shape index (κ1) is 8.73. The molecule has 0 amide bonds. The molecule has 0 spiro atoms. The van der Waals surface area contributed by atoms with Crippen LogP contribution in [0.3, 0.4) is 0 Å². The van der Waals surface area contributed by atoms with Gasteiger partial charge in [0.1, 0.15) is 8.66 Å². The molecular weight excluding hydrogens is 282 g/mol. The molecule has 0 saturated heterocycles. The van der Waals surface area contributed by atoms with E-state index in [0.29, 0.717) is 5.56 Å². The Balaban J connectivity index is 3.06. The van der Waals surface area contributed by atoms with Crippen molar-refractivity contribution in [3.05, 3.63) is 28.0 Å². The van der Waals surface area contributed by atoms with E-state index in [4.69, 9.17) is 0 Å². The van der Waals surface area contributed by atoms with E-state index in [2.05, 4.69) is 36.3 Å². The first-order chi connectivity index (χ1) is 5.13. The number of halogens is 2. The highest BCUT2D eigenvalue weighted by atomic mass is 79.9. The minimum Gasteiger partial charge on any atom is -0.409 e. The van der Waals surface area contributed by atoms with Crippen molar-refractivity contribution in [3.8, 4) is 0 Å². The van der Waals surface area contributed by atoms with Crippen molar-refractivity contribution in [1.82, 2.24) is 0 Å². The van der Waals surface area contributed by atoms with E-state index in [1.54, 1.807) is 0 Å². The summed E-state index contributed by atoms with van der Waals surface area (Å²) in [5.41, 5.74) is 0.481. The molecule has 0 bridgehead atoms. The molecule has 0 fully saturated rings. The Bertz CT molecular complexity index is 270. The molecular formula is C5H3Br2NO3. The summed E-state index contributed by atoms with van der Waals surface area (Å²) < 4.78 is 4.39. The minimum atomic E-state index is -0.565. The van der Waals surface area contributed by atoms with E-state index in [1.165, 1.54) is 12.3 Å². The van der Waals surface area contributed by atoms with E-state index in [9.17, 15) is 10.1 Å². The topological polar surface area (TPSA) is 56.3 Å². The second-order valence-corrected chi connectivity index (χ2v) is 4.80. The highest BCUT2D eigenvalue weighted by molar-refractivity contribution is 9.24. The summed E-state index contributed by atoms with van der Waals surface area (Å²) in [4.78, 5) is 9.69. The molecule has 60 valence electrons. The van der Waals surface area contributed by atoms with Crippen molar-refractivity contribution >= 4 is 37.7 Å². The first-order valence-corrected chi connectivity index (χ1v) is 4.46. The van der Waals surface area contributed by atoms with Gasteiger partial charge in [-0.25, -0.2) is 0 Å². The van der Waals surface area contributed by atoms with Crippen molar-refractivity contribution in [2.24, 2.45) is 0 Å². The lowest BCUT2D eigenvalue weighted by atomic mass is 10.4. The lowest BCUT2D eigenvalue weighted by molar-refractivity contribution is -0.402. The van der Waals surface area contributed by atoms with E-state index >= 15 is 0 Å². The monoisotopic (exact) mass is 283 g/mol. The molecule has 1 aromatic heterocycles. The minimum absolute atomic E-state index is 0.233. The van der Waals surface area contributed by atoms with Crippen molar-refractivity contribution in [2.45, 2.75) is 3.74 Å². The smallest absolute Gasteiger partial charge is 0.409 e. The van der Waals surface area contributed by atoms with Crippen molar-refractivity contribution in [2.75, 3.05) is 0 Å². The Labute approximate surface area is 79.0 Å². The van der Waals surface area contributed by atoms with Crippen LogP contribution in [-0.4, -0.2) is 4.92 Å². The highest BCUT2D eigenvalue weighted by Crippen LogP contribution is 2.35. The van der Waals surface area contributed by atoms with E-state index < -0.39 is 4.92 Å². The summed E-state index contributed by atoms with van der Waals surface area (Å²) in [5.74, 6) is -0.233. The Morgan fingerprint density at radius 2 is 2.27 bits per heavy atom. The number of nitro groups is 1. The van der Waals surface area contributed by atoms with Crippen molar-refractivity contribution in [3.63, 3.8) is 0 Å². The van der Waals surface area contributed by atoms with E-state index in [0.717, 1.165) is 0 Å². The molecule has 0 radical (unpaired) electrons. The van der Waals surface area contributed by atoms with Crippen LogP contribution in [0.2, 0.25) is 0 Å². The number of hydrogen-bond acceptors (Lipinski definition) is 3. The summed E-state index contributed by atoms with van der Waals surface area (Å²) >= 11 is 6.27. The fourth-order valence-corrected chi connectivity index (χ4v) is 1.32. The standard InChI is InChI=1S/C5H3Br2NO3/c6-4(7)3-1-2-11-5(3)8(9)10/h1-2,4H. The van der Waals surface area contributed by atoms with Gasteiger partial charge >= 0.3 is 5.88 Å². The summed E-state index contributed by atoms with van der Waals surface area (Å²) in [6, 6.07) is 1.53. The quantitative estimate of drug-likeness (QED) is 0.477. The van der Waals surface area contributed by atoms with Crippen LogP contribution in [0.4, 0.5) is 5.88 Å². The number of nitrogens with zero attached hydrogens (tertiary/aromatic N) is 1. The molecule has 0 aliphatic carbocycles. The normalized spacial score (nSPS) is 10.5. The molecule has 1 heterocycles. The Morgan fingerprint density at radius 3 is 2.64 bits per heavy atom. The third-order valence-electron chi connectivity index (χ3n) is 1.08. The van der Waals surface area contributed by atoms with Gasteiger partial charge in [0.2, 0.25) is 0 Å². The Morgan fingerprint density at radius 1 is 1.64 bits per heavy atom. The number of rotatable bonds is 2. The molecule has 0 aliphatic heterocycles. The van der Waals surface area contributed by atoms with Gasteiger partial charge in [-0.2, -0.15) is 0 Å². The Hall–Kier alpha value is -0.360. The molecule has 0 aromatic carbocycles. The van der Waals surface area contributed by atoms with Gasteiger partial charge in [0.15, 0.2) is 0 Å². The van der Waals surface area contributed by atoms with Gasteiger partial charge < -0.3 is 4.42 Å². The molecule has 11 heavy (non-hydrogen) atoms. The number of alkyl halides is 2. The zero-order valence-electron chi connectivity index (χ0n) is 5.16. The van der Waals surface area contributed by atoms with Gasteiger partial charge in [0.25, 0.3) is 0 Å². The molecule has 0 unspecified atom stereocenters. The average molecular weight is 285 g/mol. The predicted octanol–water partition coefficient (Wildman–Crippen LogP) is 2.98. The van der Waals surface area contributed by atoms with Gasteiger partial charge in [0, 0.05) is 0 Å². The van der Waals surface area contributed by atoms with Gasteiger partial charge in [-0.05, 0) is 6.07 Å². The summed E-state index contributed by atoms with van der Waals surface area (Å²) in [6.07, 6.45) is 1.28. The van der Waals surface area contributed by atoms with Gasteiger partial charge in [-0.3, -0.25) is 10.1 Å². The fourth-order valence-electron chi connectivity index (χ4n) is 0.626. The van der Waals surface area contributed by atoms with Crippen LogP contribution < -0.4 is 0 Å². The van der Waals surface area contributed by atoms with Crippen LogP contribution in [-0.2, 0) is 0 Å². The second-order valence-electron chi connectivity index (χ2n) is 1.74.